The van der Waals surface area contributed by atoms with E-state index in [-0.39, 0.29) is 11.9 Å². The summed E-state index contributed by atoms with van der Waals surface area (Å²) in [5.74, 6) is -2.25. The lowest BCUT2D eigenvalue weighted by atomic mass is 10.0. The molecule has 3 rings (SSSR count). The molecule has 0 aliphatic carbocycles. The first-order valence-corrected chi connectivity index (χ1v) is 10.9. The molecule has 1 heterocycles. The molecule has 0 aromatic heterocycles. The van der Waals surface area contributed by atoms with E-state index in [1.54, 1.807) is 12.1 Å². The number of amides is 1. The van der Waals surface area contributed by atoms with Crippen molar-refractivity contribution in [2.24, 2.45) is 0 Å². The summed E-state index contributed by atoms with van der Waals surface area (Å²) in [5, 5.41) is 19.1. The second kappa shape index (κ2) is 13.2. The van der Waals surface area contributed by atoms with E-state index in [4.69, 9.17) is 32.3 Å². The van der Waals surface area contributed by atoms with Crippen LogP contribution in [0.1, 0.15) is 28.8 Å². The van der Waals surface area contributed by atoms with Crippen LogP contribution in [0.15, 0.2) is 54.6 Å². The molecule has 0 bridgehead atoms. The summed E-state index contributed by atoms with van der Waals surface area (Å²) < 4.78 is 5.27. The normalized spacial score (nSPS) is 14.2. The number of aliphatic carboxylic acids is 2. The third-order valence-electron chi connectivity index (χ3n) is 5.10. The van der Waals surface area contributed by atoms with Crippen molar-refractivity contribution in [1.82, 2.24) is 10.2 Å². The molecule has 182 valence electrons. The largest absolute Gasteiger partial charge is 0.496 e. The lowest BCUT2D eigenvalue weighted by molar-refractivity contribution is -0.134. The van der Waals surface area contributed by atoms with Crippen molar-refractivity contribution in [1.29, 1.82) is 0 Å². The van der Waals surface area contributed by atoms with E-state index in [1.807, 2.05) is 6.07 Å². The highest BCUT2D eigenvalue weighted by Gasteiger charge is 2.23. The fourth-order valence-corrected chi connectivity index (χ4v) is 3.56. The molecule has 1 aliphatic heterocycles. The van der Waals surface area contributed by atoms with Crippen LogP contribution in [0.3, 0.4) is 0 Å². The molecule has 5 N–H and O–H groups in total. The van der Waals surface area contributed by atoms with Crippen molar-refractivity contribution < 1.29 is 29.3 Å². The number of carbonyl (C=O) groups excluding carboxylic acids is 1. The maximum Gasteiger partial charge on any atom is 0.328 e. The Labute approximate surface area is 202 Å². The Kier molecular flexibility index (Phi) is 10.4. The molecule has 1 fully saturated rings. The number of nitrogens with two attached hydrogens (primary N) is 1. The number of carboxylic acid groups (broad SMARTS) is 2. The third kappa shape index (κ3) is 8.76. The van der Waals surface area contributed by atoms with Gasteiger partial charge in [-0.2, -0.15) is 0 Å². The molecule has 0 spiro atoms. The Morgan fingerprint density at radius 3 is 2.24 bits per heavy atom. The van der Waals surface area contributed by atoms with E-state index in [0.29, 0.717) is 34.2 Å². The third-order valence-corrected chi connectivity index (χ3v) is 5.43. The molecule has 1 aliphatic rings. The molecular weight excluding hydrogens is 462 g/mol. The number of nitrogens with one attached hydrogen (secondary N) is 1. The van der Waals surface area contributed by atoms with Crippen molar-refractivity contribution in [3.05, 3.63) is 70.8 Å². The van der Waals surface area contributed by atoms with Gasteiger partial charge in [-0.3, -0.25) is 9.69 Å². The van der Waals surface area contributed by atoms with Crippen LogP contribution in [0, 0.1) is 0 Å². The fraction of sp³-hybridized carbons (Fsp3) is 0.292. The van der Waals surface area contributed by atoms with Gasteiger partial charge < -0.3 is 26.0 Å². The van der Waals surface area contributed by atoms with Gasteiger partial charge in [0.25, 0.3) is 5.91 Å². The maximum absolute atomic E-state index is 12.6. The monoisotopic (exact) mass is 489 g/mol. The van der Waals surface area contributed by atoms with Gasteiger partial charge in [0.05, 0.1) is 23.4 Å². The van der Waals surface area contributed by atoms with Gasteiger partial charge in [0.1, 0.15) is 5.75 Å². The fourth-order valence-electron chi connectivity index (χ4n) is 3.40. The predicted octanol–water partition coefficient (Wildman–Crippen LogP) is 3.04. The van der Waals surface area contributed by atoms with Gasteiger partial charge >= 0.3 is 11.9 Å². The van der Waals surface area contributed by atoms with Gasteiger partial charge in [-0.05, 0) is 24.5 Å². The van der Waals surface area contributed by atoms with Crippen LogP contribution in [0.4, 0.5) is 5.69 Å². The summed E-state index contributed by atoms with van der Waals surface area (Å²) in [6.07, 6.45) is 2.96. The van der Waals surface area contributed by atoms with Gasteiger partial charge in [0, 0.05) is 43.9 Å². The Hall–Kier alpha value is -3.56. The Balaban J connectivity index is 0.000000440. The SMILES string of the molecule is COc1cc(N)c(Cl)cc1C(=O)NC1CCN(Cc2ccccc2)CC1.O=C(O)C=CC(=O)O. The van der Waals surface area contributed by atoms with Crippen LogP contribution >= 0.6 is 11.6 Å². The number of methoxy groups -OCH3 is 1. The van der Waals surface area contributed by atoms with E-state index in [2.05, 4.69) is 34.5 Å². The molecule has 0 atom stereocenters. The first-order valence-electron chi connectivity index (χ1n) is 10.5. The van der Waals surface area contributed by atoms with E-state index in [1.165, 1.54) is 12.7 Å². The van der Waals surface area contributed by atoms with Crippen molar-refractivity contribution in [3.8, 4) is 5.75 Å². The summed E-state index contributed by atoms with van der Waals surface area (Å²) in [5.41, 5.74) is 7.91. The highest BCUT2D eigenvalue weighted by molar-refractivity contribution is 6.33. The molecular formula is C24H28ClN3O6. The van der Waals surface area contributed by atoms with Gasteiger partial charge in [-0.1, -0.05) is 41.9 Å². The highest BCUT2D eigenvalue weighted by atomic mass is 35.5. The van der Waals surface area contributed by atoms with Crippen molar-refractivity contribution in [3.63, 3.8) is 0 Å². The Morgan fingerprint density at radius 1 is 1.12 bits per heavy atom. The number of anilines is 1. The zero-order valence-electron chi connectivity index (χ0n) is 18.7. The number of benzene rings is 2. The van der Waals surface area contributed by atoms with Crippen LogP contribution in [0.25, 0.3) is 0 Å². The van der Waals surface area contributed by atoms with Crippen molar-refractivity contribution in [2.75, 3.05) is 25.9 Å². The molecule has 9 nitrogen and oxygen atoms in total. The van der Waals surface area contributed by atoms with Crippen LogP contribution < -0.4 is 15.8 Å². The molecule has 0 unspecified atom stereocenters. The number of hydrogen-bond acceptors (Lipinski definition) is 6. The number of nitrogen functional groups attached to an aromatic ring is 1. The van der Waals surface area contributed by atoms with Gasteiger partial charge in [0.2, 0.25) is 0 Å². The zero-order chi connectivity index (χ0) is 25.1. The standard InChI is InChI=1S/C20H24ClN3O2.C4H4O4/c1-26-19-12-18(22)17(21)11-16(19)20(25)23-15-7-9-24(10-8-15)13-14-5-3-2-4-6-14;5-3(6)1-2-4(7)8/h2-6,11-12,15H,7-10,13,22H2,1H3,(H,23,25);1-2H,(H,5,6)(H,7,8). The Morgan fingerprint density at radius 2 is 1.71 bits per heavy atom. The summed E-state index contributed by atoms with van der Waals surface area (Å²) in [7, 11) is 1.52. The minimum Gasteiger partial charge on any atom is -0.496 e. The van der Waals surface area contributed by atoms with Crippen LogP contribution in [0.5, 0.6) is 5.75 Å². The molecule has 1 amide bonds. The average molecular weight is 490 g/mol. The molecule has 2 aromatic rings. The second-order valence-corrected chi connectivity index (χ2v) is 8.00. The number of carboxylic acids is 2. The van der Waals surface area contributed by atoms with Crippen molar-refractivity contribution in [2.45, 2.75) is 25.4 Å². The number of ether oxygens (including phenoxy) is 1. The molecule has 0 radical (unpaired) electrons. The van der Waals surface area contributed by atoms with E-state index < -0.39 is 11.9 Å². The lowest BCUT2D eigenvalue weighted by Crippen LogP contribution is -2.44. The quantitative estimate of drug-likeness (QED) is 0.343. The molecule has 10 heteroatoms. The number of carbonyl (C=O) groups is 3. The number of rotatable bonds is 7. The minimum atomic E-state index is -1.26. The van der Waals surface area contributed by atoms with E-state index in [9.17, 15) is 14.4 Å². The minimum absolute atomic E-state index is 0.149. The van der Waals surface area contributed by atoms with Crippen LogP contribution in [-0.4, -0.2) is 59.2 Å². The number of nitrogens with zero attached hydrogens (tertiary/aromatic N) is 1. The molecule has 1 saturated heterocycles. The second-order valence-electron chi connectivity index (χ2n) is 7.59. The highest BCUT2D eigenvalue weighted by Crippen LogP contribution is 2.29. The van der Waals surface area contributed by atoms with Crippen molar-refractivity contribution >= 4 is 35.1 Å². The summed E-state index contributed by atoms with van der Waals surface area (Å²) in [6, 6.07) is 13.7. The van der Waals surface area contributed by atoms with Crippen LogP contribution in [0.2, 0.25) is 5.02 Å². The maximum atomic E-state index is 12.6. The summed E-state index contributed by atoms with van der Waals surface area (Å²) in [6.45, 7) is 2.86. The predicted molar refractivity (Wildman–Crippen MR) is 129 cm³/mol. The lowest BCUT2D eigenvalue weighted by Gasteiger charge is -2.32. The first-order chi connectivity index (χ1) is 16.2. The smallest absolute Gasteiger partial charge is 0.328 e. The van der Waals surface area contributed by atoms with E-state index >= 15 is 0 Å². The Bertz CT molecular complexity index is 1000. The summed E-state index contributed by atoms with van der Waals surface area (Å²) in [4.78, 5) is 34.1. The van der Waals surface area contributed by atoms with Gasteiger partial charge in [-0.15, -0.1) is 0 Å². The number of halogens is 1. The van der Waals surface area contributed by atoms with Crippen LogP contribution in [-0.2, 0) is 16.1 Å². The number of piperidine rings is 1. The average Bonchev–Trinajstić information content (AvgIpc) is 2.81. The number of hydrogen-bond donors (Lipinski definition) is 4. The molecule has 2 aromatic carbocycles. The van der Waals surface area contributed by atoms with Gasteiger partial charge in [0.15, 0.2) is 0 Å². The zero-order valence-corrected chi connectivity index (χ0v) is 19.5. The molecule has 0 saturated carbocycles. The van der Waals surface area contributed by atoms with E-state index in [0.717, 1.165) is 32.5 Å². The summed E-state index contributed by atoms with van der Waals surface area (Å²) >= 11 is 6.06. The molecule has 34 heavy (non-hydrogen) atoms. The van der Waals surface area contributed by atoms with Gasteiger partial charge in [-0.25, -0.2) is 9.59 Å². The first kappa shape index (κ1) is 26.7. The number of likely N-dealkylation sites (tertiary alicyclic amines) is 1. The topological polar surface area (TPSA) is 142 Å².